The second kappa shape index (κ2) is 2.37. The van der Waals surface area contributed by atoms with Gasteiger partial charge in [0.15, 0.2) is 0 Å². The van der Waals surface area contributed by atoms with Crippen molar-refractivity contribution in [2.45, 2.75) is 32.6 Å². The Hall–Kier alpha value is -0.260. The minimum absolute atomic E-state index is 1.03. The Morgan fingerprint density at radius 1 is 1.33 bits per heavy atom. The van der Waals surface area contributed by atoms with Crippen molar-refractivity contribution < 1.29 is 0 Å². The molecule has 0 aromatic rings. The first-order valence-corrected chi connectivity index (χ1v) is 5.58. The van der Waals surface area contributed by atoms with Crippen LogP contribution >= 0.6 is 0 Å². The fraction of sp³-hybridized carbons (Fsp3) is 0.833. The van der Waals surface area contributed by atoms with Gasteiger partial charge in [0.1, 0.15) is 0 Å². The molecule has 12 heavy (non-hydrogen) atoms. The molecule has 0 amide bonds. The van der Waals surface area contributed by atoms with Crippen molar-refractivity contribution in [1.29, 1.82) is 0 Å². The van der Waals surface area contributed by atoms with Crippen LogP contribution in [0.2, 0.25) is 0 Å². The zero-order valence-corrected chi connectivity index (χ0v) is 7.87. The van der Waals surface area contributed by atoms with Crippen LogP contribution in [0.15, 0.2) is 12.2 Å². The summed E-state index contributed by atoms with van der Waals surface area (Å²) in [4.78, 5) is 0. The molecule has 0 aliphatic heterocycles. The minimum atomic E-state index is 1.03. The van der Waals surface area contributed by atoms with Gasteiger partial charge in [0.25, 0.3) is 0 Å². The molecule has 5 unspecified atom stereocenters. The summed E-state index contributed by atoms with van der Waals surface area (Å²) in [5.41, 5.74) is 0. The molecule has 0 aromatic heterocycles. The summed E-state index contributed by atoms with van der Waals surface area (Å²) < 4.78 is 0. The molecule has 0 N–H and O–H groups in total. The topological polar surface area (TPSA) is 0 Å². The average molecular weight is 162 g/mol. The van der Waals surface area contributed by atoms with Crippen LogP contribution in [0.3, 0.4) is 0 Å². The highest BCUT2D eigenvalue weighted by Gasteiger charge is 2.59. The lowest BCUT2D eigenvalue weighted by Gasteiger charge is -2.47. The van der Waals surface area contributed by atoms with Gasteiger partial charge in [0.2, 0.25) is 0 Å². The summed E-state index contributed by atoms with van der Waals surface area (Å²) in [6, 6.07) is 0. The van der Waals surface area contributed by atoms with Crippen molar-refractivity contribution in [2.24, 2.45) is 29.6 Å². The third kappa shape index (κ3) is 0.694. The highest BCUT2D eigenvalue weighted by Crippen LogP contribution is 2.65. The molecule has 4 aliphatic carbocycles. The minimum Gasteiger partial charge on any atom is -0.0879 e. The molecule has 0 saturated heterocycles. The van der Waals surface area contributed by atoms with E-state index in [-0.39, 0.29) is 0 Å². The van der Waals surface area contributed by atoms with Crippen LogP contribution in [-0.2, 0) is 0 Å². The summed E-state index contributed by atoms with van der Waals surface area (Å²) >= 11 is 0. The first kappa shape index (κ1) is 7.17. The third-order valence-electron chi connectivity index (χ3n) is 4.53. The van der Waals surface area contributed by atoms with Crippen molar-refractivity contribution in [2.75, 3.05) is 0 Å². The van der Waals surface area contributed by atoms with E-state index in [1.165, 1.54) is 19.3 Å². The highest BCUT2D eigenvalue weighted by molar-refractivity contribution is 5.19. The van der Waals surface area contributed by atoms with Crippen molar-refractivity contribution in [3.63, 3.8) is 0 Å². The van der Waals surface area contributed by atoms with Crippen molar-refractivity contribution in [3.8, 4) is 0 Å². The molecule has 4 aliphatic rings. The van der Waals surface area contributed by atoms with E-state index in [4.69, 9.17) is 0 Å². The van der Waals surface area contributed by atoms with Crippen LogP contribution in [0.4, 0.5) is 0 Å². The van der Waals surface area contributed by atoms with Crippen molar-refractivity contribution in [3.05, 3.63) is 12.2 Å². The molecule has 0 aromatic carbocycles. The predicted molar refractivity (Wildman–Crippen MR) is 50.7 cm³/mol. The van der Waals surface area contributed by atoms with E-state index in [1.54, 1.807) is 6.42 Å². The van der Waals surface area contributed by atoms with Crippen LogP contribution in [0.25, 0.3) is 0 Å². The van der Waals surface area contributed by atoms with Crippen LogP contribution in [0.5, 0.6) is 0 Å². The quantitative estimate of drug-likeness (QED) is 0.547. The van der Waals surface area contributed by atoms with Gasteiger partial charge in [-0.15, -0.1) is 0 Å². The smallest absolute Gasteiger partial charge is 0.0168 e. The fourth-order valence-electron chi connectivity index (χ4n) is 4.18. The van der Waals surface area contributed by atoms with Crippen molar-refractivity contribution in [1.82, 2.24) is 0 Å². The van der Waals surface area contributed by atoms with Gasteiger partial charge >= 0.3 is 0 Å². The molecule has 3 saturated carbocycles. The Kier molecular flexibility index (Phi) is 1.42. The molecular formula is C12H18. The molecule has 0 spiro atoms. The largest absolute Gasteiger partial charge is 0.0879 e. The van der Waals surface area contributed by atoms with Crippen LogP contribution < -0.4 is 0 Å². The van der Waals surface area contributed by atoms with E-state index in [2.05, 4.69) is 19.1 Å². The lowest BCUT2D eigenvalue weighted by Crippen LogP contribution is -2.41. The van der Waals surface area contributed by atoms with E-state index < -0.39 is 0 Å². The molecule has 0 nitrogen and oxygen atoms in total. The van der Waals surface area contributed by atoms with Gasteiger partial charge in [0, 0.05) is 0 Å². The van der Waals surface area contributed by atoms with Gasteiger partial charge in [-0.05, 0) is 42.4 Å². The fourth-order valence-corrected chi connectivity index (χ4v) is 4.18. The average Bonchev–Trinajstić information content (AvgIpc) is 2.64. The monoisotopic (exact) mass is 162 g/mol. The Bertz CT molecular complexity index is 216. The van der Waals surface area contributed by atoms with E-state index in [9.17, 15) is 0 Å². The maximum Gasteiger partial charge on any atom is -0.0168 e. The lowest BCUT2D eigenvalue weighted by atomic mass is 9.58. The molecule has 66 valence electrons. The first-order valence-electron chi connectivity index (χ1n) is 5.58. The second-order valence-corrected chi connectivity index (χ2v) is 4.93. The standard InChI is InChI=1S/C12H18/c1-2-4-8-7-11-9-5-3-6-10(11)12(8)9/h3,5,8-12H,2,4,6-7H2,1H3. The summed E-state index contributed by atoms with van der Waals surface area (Å²) in [5.74, 6) is 5.51. The van der Waals surface area contributed by atoms with Gasteiger partial charge in [-0.25, -0.2) is 0 Å². The molecule has 5 atom stereocenters. The molecule has 4 bridgehead atoms. The highest BCUT2D eigenvalue weighted by atomic mass is 14.6. The van der Waals surface area contributed by atoms with Crippen molar-refractivity contribution >= 4 is 0 Å². The summed E-state index contributed by atoms with van der Waals surface area (Å²) in [5, 5.41) is 0. The molecule has 0 radical (unpaired) electrons. The molecule has 0 heteroatoms. The van der Waals surface area contributed by atoms with Gasteiger partial charge in [-0.3, -0.25) is 0 Å². The first-order chi connectivity index (χ1) is 5.92. The van der Waals surface area contributed by atoms with Crippen LogP contribution in [0.1, 0.15) is 32.6 Å². The van der Waals surface area contributed by atoms with E-state index >= 15 is 0 Å². The number of hydrogen-bond acceptors (Lipinski definition) is 0. The van der Waals surface area contributed by atoms with E-state index in [1.807, 2.05) is 0 Å². The molecular weight excluding hydrogens is 144 g/mol. The number of allylic oxidation sites excluding steroid dienone is 2. The maximum atomic E-state index is 2.52. The van der Waals surface area contributed by atoms with Gasteiger partial charge in [0.05, 0.1) is 0 Å². The normalized spacial score (nSPS) is 53.9. The lowest BCUT2D eigenvalue weighted by molar-refractivity contribution is 0.0605. The molecule has 4 rings (SSSR count). The van der Waals surface area contributed by atoms with E-state index in [0.717, 1.165) is 29.6 Å². The zero-order valence-electron chi connectivity index (χ0n) is 7.87. The Morgan fingerprint density at radius 2 is 2.25 bits per heavy atom. The van der Waals surface area contributed by atoms with Gasteiger partial charge in [-0.2, -0.15) is 0 Å². The predicted octanol–water partition coefficient (Wildman–Crippen LogP) is 3.24. The number of fused-ring (bicyclic) bond motifs is 1. The molecule has 3 fully saturated rings. The zero-order chi connectivity index (χ0) is 8.13. The Balaban J connectivity index is 1.79. The van der Waals surface area contributed by atoms with Crippen LogP contribution in [-0.4, -0.2) is 0 Å². The number of rotatable bonds is 2. The Morgan fingerprint density at radius 3 is 2.83 bits per heavy atom. The van der Waals surface area contributed by atoms with E-state index in [0.29, 0.717) is 0 Å². The number of hydrogen-bond donors (Lipinski definition) is 0. The second-order valence-electron chi connectivity index (χ2n) is 4.93. The summed E-state index contributed by atoms with van der Waals surface area (Å²) in [6.45, 7) is 2.33. The summed E-state index contributed by atoms with van der Waals surface area (Å²) in [7, 11) is 0. The van der Waals surface area contributed by atoms with Crippen LogP contribution in [0, 0.1) is 29.6 Å². The SMILES string of the molecule is CCCC1CC2C3C=CCC2C13. The van der Waals surface area contributed by atoms with Gasteiger partial charge < -0.3 is 0 Å². The maximum absolute atomic E-state index is 2.52. The van der Waals surface area contributed by atoms with Gasteiger partial charge in [-0.1, -0.05) is 31.9 Å². The molecule has 0 heterocycles. The summed E-state index contributed by atoms with van der Waals surface area (Å²) in [6.07, 6.45) is 10.8. The Labute approximate surface area is 75.0 Å². The third-order valence-corrected chi connectivity index (χ3v) is 4.53.